The third kappa shape index (κ3) is 4.51. The van der Waals surface area contributed by atoms with Crippen molar-refractivity contribution in [2.45, 2.75) is 32.2 Å². The van der Waals surface area contributed by atoms with E-state index in [1.165, 1.54) is 0 Å². The second-order valence-electron chi connectivity index (χ2n) is 4.43. The number of aliphatic carboxylic acids is 1. The molecule has 0 heterocycles. The summed E-state index contributed by atoms with van der Waals surface area (Å²) in [7, 11) is 0. The number of nitro benzene ring substituents is 1. The van der Waals surface area contributed by atoms with Gasteiger partial charge in [0.05, 0.1) is 4.92 Å². The SMILES string of the molecule is CCCC[C@H](NC(=O)c1cc(F)ccc1[N+](=O)[O-])C(=O)O. The quantitative estimate of drug-likeness (QED) is 0.591. The van der Waals surface area contributed by atoms with Gasteiger partial charge in [0.1, 0.15) is 17.4 Å². The minimum absolute atomic E-state index is 0.195. The number of nitro groups is 1. The minimum atomic E-state index is -1.24. The van der Waals surface area contributed by atoms with Crippen LogP contribution >= 0.6 is 0 Å². The molecular formula is C13H15FN2O5. The van der Waals surface area contributed by atoms with Crippen LogP contribution in [-0.4, -0.2) is 27.9 Å². The number of carbonyl (C=O) groups is 2. The summed E-state index contributed by atoms with van der Waals surface area (Å²) in [5.74, 6) is -3.04. The Kier molecular flexibility index (Phi) is 5.77. The molecule has 0 aliphatic carbocycles. The molecule has 0 aromatic heterocycles. The molecule has 1 atom stereocenters. The van der Waals surface area contributed by atoms with E-state index in [2.05, 4.69) is 5.32 Å². The molecule has 0 unspecified atom stereocenters. The predicted molar refractivity (Wildman–Crippen MR) is 71.5 cm³/mol. The maximum absolute atomic E-state index is 13.2. The topological polar surface area (TPSA) is 110 Å². The molecule has 8 heteroatoms. The van der Waals surface area contributed by atoms with Gasteiger partial charge in [0, 0.05) is 6.07 Å². The van der Waals surface area contributed by atoms with Gasteiger partial charge in [0.25, 0.3) is 11.6 Å². The largest absolute Gasteiger partial charge is 0.480 e. The van der Waals surface area contributed by atoms with E-state index >= 15 is 0 Å². The number of carbonyl (C=O) groups excluding carboxylic acids is 1. The molecule has 0 saturated carbocycles. The van der Waals surface area contributed by atoms with Crippen molar-refractivity contribution >= 4 is 17.6 Å². The van der Waals surface area contributed by atoms with Gasteiger partial charge in [-0.15, -0.1) is 0 Å². The van der Waals surface area contributed by atoms with Gasteiger partial charge in [0.2, 0.25) is 0 Å². The third-order valence-corrected chi connectivity index (χ3v) is 2.85. The molecule has 0 saturated heterocycles. The number of halogens is 1. The zero-order valence-corrected chi connectivity index (χ0v) is 11.3. The fraction of sp³-hybridized carbons (Fsp3) is 0.385. The van der Waals surface area contributed by atoms with Crippen LogP contribution in [-0.2, 0) is 4.79 Å². The molecule has 0 fully saturated rings. The first-order valence-electron chi connectivity index (χ1n) is 6.34. The van der Waals surface area contributed by atoms with Crippen LogP contribution < -0.4 is 5.32 Å². The average molecular weight is 298 g/mol. The Labute approximate surface area is 119 Å². The van der Waals surface area contributed by atoms with Crippen molar-refractivity contribution in [3.8, 4) is 0 Å². The molecule has 0 spiro atoms. The van der Waals surface area contributed by atoms with Crippen LogP contribution in [0.5, 0.6) is 0 Å². The highest BCUT2D eigenvalue weighted by Crippen LogP contribution is 2.19. The lowest BCUT2D eigenvalue weighted by atomic mass is 10.1. The van der Waals surface area contributed by atoms with Gasteiger partial charge >= 0.3 is 5.97 Å². The molecule has 114 valence electrons. The standard InChI is InChI=1S/C13H15FN2O5/c1-2-3-4-10(13(18)19)15-12(17)9-7-8(14)5-6-11(9)16(20)21/h5-7,10H,2-4H2,1H3,(H,15,17)(H,18,19)/t10-/m0/s1. The first-order valence-corrected chi connectivity index (χ1v) is 6.34. The summed E-state index contributed by atoms with van der Waals surface area (Å²) in [4.78, 5) is 33.0. The highest BCUT2D eigenvalue weighted by molar-refractivity contribution is 5.99. The molecule has 2 N–H and O–H groups in total. The first kappa shape index (κ1) is 16.5. The summed E-state index contributed by atoms with van der Waals surface area (Å²) in [6, 6.07) is 1.28. The summed E-state index contributed by atoms with van der Waals surface area (Å²) < 4.78 is 13.2. The maximum atomic E-state index is 13.2. The number of rotatable bonds is 7. The Morgan fingerprint density at radius 1 is 1.48 bits per heavy atom. The number of amides is 1. The predicted octanol–water partition coefficient (Wildman–Crippen LogP) is 2.11. The smallest absolute Gasteiger partial charge is 0.326 e. The number of nitrogens with one attached hydrogen (secondary N) is 1. The number of hydrogen-bond acceptors (Lipinski definition) is 4. The molecule has 0 aliphatic rings. The fourth-order valence-electron chi connectivity index (χ4n) is 1.75. The van der Waals surface area contributed by atoms with E-state index in [9.17, 15) is 24.1 Å². The average Bonchev–Trinajstić information content (AvgIpc) is 2.42. The Balaban J connectivity index is 2.99. The van der Waals surface area contributed by atoms with Gasteiger partial charge in [-0.25, -0.2) is 9.18 Å². The Morgan fingerprint density at radius 2 is 2.14 bits per heavy atom. The van der Waals surface area contributed by atoms with Crippen LogP contribution in [0.15, 0.2) is 18.2 Å². The molecule has 7 nitrogen and oxygen atoms in total. The highest BCUT2D eigenvalue weighted by Gasteiger charge is 2.25. The second kappa shape index (κ2) is 7.32. The van der Waals surface area contributed by atoms with Gasteiger partial charge in [-0.2, -0.15) is 0 Å². The van der Waals surface area contributed by atoms with Crippen LogP contribution in [0.1, 0.15) is 36.5 Å². The number of carboxylic acid groups (broad SMARTS) is 1. The fourth-order valence-corrected chi connectivity index (χ4v) is 1.75. The summed E-state index contributed by atoms with van der Waals surface area (Å²) in [6.45, 7) is 1.86. The molecule has 21 heavy (non-hydrogen) atoms. The zero-order chi connectivity index (χ0) is 16.0. The number of hydrogen-bond donors (Lipinski definition) is 2. The number of unbranched alkanes of at least 4 members (excludes halogenated alkanes) is 1. The molecule has 1 amide bonds. The Hall–Kier alpha value is -2.51. The van der Waals surface area contributed by atoms with Crippen LogP contribution in [0.25, 0.3) is 0 Å². The lowest BCUT2D eigenvalue weighted by molar-refractivity contribution is -0.385. The number of benzene rings is 1. The van der Waals surface area contributed by atoms with E-state index in [1.54, 1.807) is 0 Å². The van der Waals surface area contributed by atoms with Gasteiger partial charge in [-0.1, -0.05) is 19.8 Å². The molecule has 0 aliphatic heterocycles. The number of nitrogens with zero attached hydrogens (tertiary/aromatic N) is 1. The van der Waals surface area contributed by atoms with Crippen LogP contribution in [0, 0.1) is 15.9 Å². The monoisotopic (exact) mass is 298 g/mol. The normalized spacial score (nSPS) is 11.7. The van der Waals surface area contributed by atoms with Crippen molar-refractivity contribution in [1.29, 1.82) is 0 Å². The van der Waals surface area contributed by atoms with Crippen molar-refractivity contribution < 1.29 is 24.0 Å². The molecular weight excluding hydrogens is 283 g/mol. The van der Waals surface area contributed by atoms with E-state index in [4.69, 9.17) is 5.11 Å². The van der Waals surface area contributed by atoms with Crippen molar-refractivity contribution in [3.05, 3.63) is 39.7 Å². The summed E-state index contributed by atoms with van der Waals surface area (Å²) in [5, 5.41) is 22.0. The first-order chi connectivity index (χ1) is 9.86. The minimum Gasteiger partial charge on any atom is -0.480 e. The van der Waals surface area contributed by atoms with Gasteiger partial charge in [-0.05, 0) is 18.6 Å². The molecule has 0 radical (unpaired) electrons. The lowest BCUT2D eigenvalue weighted by Crippen LogP contribution is -2.41. The van der Waals surface area contributed by atoms with Gasteiger partial charge in [0.15, 0.2) is 0 Å². The summed E-state index contributed by atoms with van der Waals surface area (Å²) >= 11 is 0. The second-order valence-corrected chi connectivity index (χ2v) is 4.43. The van der Waals surface area contributed by atoms with Crippen LogP contribution in [0.3, 0.4) is 0 Å². The van der Waals surface area contributed by atoms with Crippen molar-refractivity contribution in [2.75, 3.05) is 0 Å². The van der Waals surface area contributed by atoms with E-state index in [1.807, 2.05) is 6.92 Å². The number of carboxylic acids is 1. The van der Waals surface area contributed by atoms with Gasteiger partial charge in [-0.3, -0.25) is 14.9 Å². The van der Waals surface area contributed by atoms with Gasteiger partial charge < -0.3 is 10.4 Å². The van der Waals surface area contributed by atoms with Crippen molar-refractivity contribution in [3.63, 3.8) is 0 Å². The summed E-state index contributed by atoms with van der Waals surface area (Å²) in [5.41, 5.74) is -1.07. The highest BCUT2D eigenvalue weighted by atomic mass is 19.1. The van der Waals surface area contributed by atoms with E-state index in [0.717, 1.165) is 18.6 Å². The third-order valence-electron chi connectivity index (χ3n) is 2.85. The van der Waals surface area contributed by atoms with Crippen LogP contribution in [0.4, 0.5) is 10.1 Å². The Morgan fingerprint density at radius 3 is 2.67 bits per heavy atom. The molecule has 0 bridgehead atoms. The molecule has 1 aromatic rings. The van der Waals surface area contributed by atoms with Crippen molar-refractivity contribution in [1.82, 2.24) is 5.32 Å². The lowest BCUT2D eigenvalue weighted by Gasteiger charge is -2.14. The van der Waals surface area contributed by atoms with E-state index in [0.29, 0.717) is 12.5 Å². The zero-order valence-electron chi connectivity index (χ0n) is 11.3. The maximum Gasteiger partial charge on any atom is 0.326 e. The van der Waals surface area contributed by atoms with Crippen molar-refractivity contribution in [2.24, 2.45) is 0 Å². The van der Waals surface area contributed by atoms with Crippen LogP contribution in [0.2, 0.25) is 0 Å². The summed E-state index contributed by atoms with van der Waals surface area (Å²) in [6.07, 6.45) is 1.50. The molecule has 1 rings (SSSR count). The van der Waals surface area contributed by atoms with E-state index in [-0.39, 0.29) is 6.42 Å². The van der Waals surface area contributed by atoms with E-state index < -0.39 is 39.9 Å². The molecule has 1 aromatic carbocycles. The Bertz CT molecular complexity index is 561.